The van der Waals surface area contributed by atoms with Crippen molar-refractivity contribution in [1.29, 1.82) is 0 Å². The third-order valence-corrected chi connectivity index (χ3v) is 3.85. The fraction of sp³-hybridized carbons (Fsp3) is 0.211. The van der Waals surface area contributed by atoms with E-state index in [9.17, 15) is 14.4 Å². The highest BCUT2D eigenvalue weighted by atomic mass is 16.6. The van der Waals surface area contributed by atoms with Crippen molar-refractivity contribution < 1.29 is 28.6 Å². The number of fused-ring (bicyclic) bond motifs is 1. The summed E-state index contributed by atoms with van der Waals surface area (Å²) in [4.78, 5) is 35.3. The van der Waals surface area contributed by atoms with Gasteiger partial charge in [0.05, 0.1) is 5.56 Å². The third-order valence-electron chi connectivity index (χ3n) is 3.85. The minimum Gasteiger partial charge on any atom is -0.486 e. The smallest absolute Gasteiger partial charge is 0.338 e. The van der Waals surface area contributed by atoms with Crippen molar-refractivity contribution in [3.05, 3.63) is 48.0 Å². The molecular formula is C19H19N3O6. The van der Waals surface area contributed by atoms with Gasteiger partial charge < -0.3 is 30.6 Å². The van der Waals surface area contributed by atoms with Crippen molar-refractivity contribution in [2.24, 2.45) is 5.73 Å². The number of primary amides is 1. The number of amides is 3. The van der Waals surface area contributed by atoms with E-state index in [-0.39, 0.29) is 5.56 Å². The van der Waals surface area contributed by atoms with Gasteiger partial charge in [0.1, 0.15) is 13.2 Å². The number of nitrogens with one attached hydrogen (secondary N) is 2. The molecule has 0 aromatic heterocycles. The maximum absolute atomic E-state index is 12.3. The lowest BCUT2D eigenvalue weighted by molar-refractivity contribution is -0.123. The summed E-state index contributed by atoms with van der Waals surface area (Å²) < 4.78 is 16.1. The van der Waals surface area contributed by atoms with Gasteiger partial charge in [-0.25, -0.2) is 9.59 Å². The molecule has 1 heterocycles. The van der Waals surface area contributed by atoms with E-state index in [1.807, 2.05) is 0 Å². The van der Waals surface area contributed by atoms with Crippen molar-refractivity contribution in [3.63, 3.8) is 0 Å². The number of ether oxygens (including phenoxy) is 3. The molecule has 2 aromatic rings. The third kappa shape index (κ3) is 4.70. The summed E-state index contributed by atoms with van der Waals surface area (Å²) in [6, 6.07) is 10.2. The van der Waals surface area contributed by atoms with Gasteiger partial charge in [-0.15, -0.1) is 0 Å². The summed E-state index contributed by atoms with van der Waals surface area (Å²) in [5.74, 6) is -0.0103. The van der Waals surface area contributed by atoms with E-state index in [1.165, 1.54) is 31.2 Å². The number of esters is 1. The van der Waals surface area contributed by atoms with Crippen LogP contribution in [0.5, 0.6) is 11.5 Å². The first-order chi connectivity index (χ1) is 13.4. The fourth-order valence-corrected chi connectivity index (χ4v) is 2.48. The Morgan fingerprint density at radius 3 is 2.29 bits per heavy atom. The SMILES string of the molecule is C[C@H](OC(=O)c1ccc(NC(N)=O)cc1)C(=O)Nc1ccc2c(c1)OCCO2. The number of carbonyl (C=O) groups excluding carboxylic acids is 3. The zero-order valence-corrected chi connectivity index (χ0v) is 15.1. The van der Waals surface area contributed by atoms with Crippen molar-refractivity contribution >= 4 is 29.3 Å². The quantitative estimate of drug-likeness (QED) is 0.676. The van der Waals surface area contributed by atoms with E-state index in [4.69, 9.17) is 19.9 Å². The molecule has 0 radical (unpaired) electrons. The van der Waals surface area contributed by atoms with Crippen molar-refractivity contribution in [1.82, 2.24) is 0 Å². The van der Waals surface area contributed by atoms with Crippen molar-refractivity contribution in [2.45, 2.75) is 13.0 Å². The second kappa shape index (κ2) is 8.30. The Morgan fingerprint density at radius 2 is 1.61 bits per heavy atom. The molecule has 0 unspecified atom stereocenters. The molecule has 4 N–H and O–H groups in total. The molecular weight excluding hydrogens is 366 g/mol. The summed E-state index contributed by atoms with van der Waals surface area (Å²) in [5, 5.41) is 5.05. The standard InChI is InChI=1S/C19H19N3O6/c1-11(28-18(24)12-2-4-13(5-3-12)22-19(20)25)17(23)21-14-6-7-15-16(10-14)27-9-8-26-15/h2-7,10-11H,8-9H2,1H3,(H,21,23)(H3,20,22,25)/t11-/m0/s1. The molecule has 0 saturated carbocycles. The number of urea groups is 1. The number of nitrogens with two attached hydrogens (primary N) is 1. The predicted octanol–water partition coefficient (Wildman–Crippen LogP) is 2.13. The molecule has 3 amide bonds. The van der Waals surface area contributed by atoms with Crippen molar-refractivity contribution in [3.8, 4) is 11.5 Å². The van der Waals surface area contributed by atoms with Gasteiger partial charge in [0.2, 0.25) is 0 Å². The summed E-state index contributed by atoms with van der Waals surface area (Å²) in [6.45, 7) is 2.38. The van der Waals surface area contributed by atoms with E-state index in [1.54, 1.807) is 18.2 Å². The first-order valence-corrected chi connectivity index (χ1v) is 8.50. The molecule has 146 valence electrons. The maximum atomic E-state index is 12.3. The van der Waals surface area contributed by atoms with Gasteiger partial charge in [0, 0.05) is 17.4 Å². The second-order valence-corrected chi connectivity index (χ2v) is 5.96. The van der Waals surface area contributed by atoms with Gasteiger partial charge >= 0.3 is 12.0 Å². The predicted molar refractivity (Wildman–Crippen MR) is 101 cm³/mol. The summed E-state index contributed by atoms with van der Waals surface area (Å²) in [5.41, 5.74) is 6.19. The van der Waals surface area contributed by atoms with Crippen LogP contribution in [0.2, 0.25) is 0 Å². The zero-order chi connectivity index (χ0) is 20.1. The molecule has 2 aromatic carbocycles. The minimum absolute atomic E-state index is 0.231. The minimum atomic E-state index is -1.02. The molecule has 0 spiro atoms. The van der Waals surface area contributed by atoms with Gasteiger partial charge in [-0.2, -0.15) is 0 Å². The Balaban J connectivity index is 1.57. The van der Waals surface area contributed by atoms with E-state index >= 15 is 0 Å². The normalized spacial score (nSPS) is 13.2. The van der Waals surface area contributed by atoms with Crippen LogP contribution in [0.25, 0.3) is 0 Å². The van der Waals surface area contributed by atoms with E-state index < -0.39 is 24.0 Å². The van der Waals surface area contributed by atoms with Crippen LogP contribution in [0.3, 0.4) is 0 Å². The number of benzene rings is 2. The van der Waals surface area contributed by atoms with Gasteiger partial charge in [0.15, 0.2) is 17.6 Å². The lowest BCUT2D eigenvalue weighted by Crippen LogP contribution is -2.30. The maximum Gasteiger partial charge on any atom is 0.338 e. The summed E-state index contributed by atoms with van der Waals surface area (Å²) in [7, 11) is 0. The van der Waals surface area contributed by atoms with Gasteiger partial charge in [-0.1, -0.05) is 0 Å². The van der Waals surface area contributed by atoms with E-state index in [2.05, 4.69) is 10.6 Å². The summed E-state index contributed by atoms with van der Waals surface area (Å²) in [6.07, 6.45) is -1.02. The van der Waals surface area contributed by atoms with Crippen LogP contribution < -0.4 is 25.8 Å². The molecule has 1 atom stereocenters. The topological polar surface area (TPSA) is 129 Å². The number of carbonyl (C=O) groups is 3. The highest BCUT2D eigenvalue weighted by molar-refractivity contribution is 5.97. The molecule has 0 bridgehead atoms. The largest absolute Gasteiger partial charge is 0.486 e. The van der Waals surface area contributed by atoms with Crippen molar-refractivity contribution in [2.75, 3.05) is 23.8 Å². The van der Waals surface area contributed by atoms with Gasteiger partial charge in [-0.05, 0) is 43.3 Å². The van der Waals surface area contributed by atoms with Crippen LogP contribution in [-0.4, -0.2) is 37.2 Å². The molecule has 9 heteroatoms. The lowest BCUT2D eigenvalue weighted by atomic mass is 10.2. The highest BCUT2D eigenvalue weighted by Gasteiger charge is 2.20. The number of hydrogen-bond acceptors (Lipinski definition) is 6. The molecule has 9 nitrogen and oxygen atoms in total. The molecule has 1 aliphatic heterocycles. The van der Waals surface area contributed by atoms with E-state index in [0.717, 1.165) is 0 Å². The van der Waals surface area contributed by atoms with Crippen LogP contribution >= 0.6 is 0 Å². The molecule has 0 fully saturated rings. The molecule has 3 rings (SSSR count). The van der Waals surface area contributed by atoms with Crippen LogP contribution in [0.15, 0.2) is 42.5 Å². The average Bonchev–Trinajstić information content (AvgIpc) is 2.67. The molecule has 28 heavy (non-hydrogen) atoms. The molecule has 1 aliphatic rings. The van der Waals surface area contributed by atoms with Gasteiger partial charge in [-0.3, -0.25) is 4.79 Å². The van der Waals surface area contributed by atoms with Crippen LogP contribution in [0.4, 0.5) is 16.2 Å². The Labute approximate surface area is 160 Å². The number of anilines is 2. The first kappa shape index (κ1) is 19.0. The average molecular weight is 385 g/mol. The van der Waals surface area contributed by atoms with E-state index in [0.29, 0.717) is 36.1 Å². The molecule has 0 saturated heterocycles. The lowest BCUT2D eigenvalue weighted by Gasteiger charge is -2.19. The number of hydrogen-bond donors (Lipinski definition) is 3. The van der Waals surface area contributed by atoms with Crippen LogP contribution in [0, 0.1) is 0 Å². The number of rotatable bonds is 5. The fourth-order valence-electron chi connectivity index (χ4n) is 2.48. The van der Waals surface area contributed by atoms with Crippen LogP contribution in [0.1, 0.15) is 17.3 Å². The van der Waals surface area contributed by atoms with Crippen LogP contribution in [-0.2, 0) is 9.53 Å². The monoisotopic (exact) mass is 385 g/mol. The Bertz CT molecular complexity index is 897. The zero-order valence-electron chi connectivity index (χ0n) is 15.1. The summed E-state index contributed by atoms with van der Waals surface area (Å²) >= 11 is 0. The first-order valence-electron chi connectivity index (χ1n) is 8.50. The second-order valence-electron chi connectivity index (χ2n) is 5.96. The Hall–Kier alpha value is -3.75. The Kier molecular flexibility index (Phi) is 5.64. The highest BCUT2D eigenvalue weighted by Crippen LogP contribution is 2.32. The Morgan fingerprint density at radius 1 is 0.964 bits per heavy atom. The van der Waals surface area contributed by atoms with Gasteiger partial charge in [0.25, 0.3) is 5.91 Å². The molecule has 0 aliphatic carbocycles.